The van der Waals surface area contributed by atoms with Crippen LogP contribution in [0, 0.1) is 11.6 Å². The predicted octanol–water partition coefficient (Wildman–Crippen LogP) is 4.27. The SMILES string of the molecule is O=C(Nc1cc(F)cc(F)c1)c1cccnc1SCC(F)(F)F. The summed E-state index contributed by atoms with van der Waals surface area (Å²) in [7, 11) is 0. The van der Waals surface area contributed by atoms with Crippen LogP contribution in [-0.2, 0) is 0 Å². The summed E-state index contributed by atoms with van der Waals surface area (Å²) in [6.07, 6.45) is -3.17. The highest BCUT2D eigenvalue weighted by Gasteiger charge is 2.28. The minimum atomic E-state index is -4.42. The van der Waals surface area contributed by atoms with Crippen molar-refractivity contribution in [1.29, 1.82) is 0 Å². The second-order valence-corrected chi connectivity index (χ2v) is 5.34. The first-order valence-corrected chi connectivity index (χ1v) is 7.15. The summed E-state index contributed by atoms with van der Waals surface area (Å²) in [5, 5.41) is 2.10. The zero-order valence-corrected chi connectivity index (χ0v) is 12.1. The molecule has 0 aliphatic carbocycles. The Morgan fingerprint density at radius 3 is 2.43 bits per heavy atom. The average Bonchev–Trinajstić information content (AvgIpc) is 2.43. The summed E-state index contributed by atoms with van der Waals surface area (Å²) < 4.78 is 63.0. The molecule has 0 aliphatic heterocycles. The van der Waals surface area contributed by atoms with Crippen LogP contribution < -0.4 is 5.32 Å². The van der Waals surface area contributed by atoms with Gasteiger partial charge in [0.05, 0.1) is 11.3 Å². The number of halogens is 5. The van der Waals surface area contributed by atoms with Crippen LogP contribution in [0.15, 0.2) is 41.6 Å². The lowest BCUT2D eigenvalue weighted by Gasteiger charge is -2.10. The molecule has 0 saturated heterocycles. The topological polar surface area (TPSA) is 42.0 Å². The number of amides is 1. The maximum atomic E-state index is 13.1. The van der Waals surface area contributed by atoms with Crippen LogP contribution >= 0.6 is 11.8 Å². The van der Waals surface area contributed by atoms with Crippen molar-refractivity contribution in [2.45, 2.75) is 11.2 Å². The van der Waals surface area contributed by atoms with Crippen molar-refractivity contribution in [3.8, 4) is 0 Å². The van der Waals surface area contributed by atoms with E-state index in [1.807, 2.05) is 0 Å². The van der Waals surface area contributed by atoms with E-state index in [2.05, 4.69) is 10.3 Å². The highest BCUT2D eigenvalue weighted by atomic mass is 32.2. The van der Waals surface area contributed by atoms with E-state index in [0.29, 0.717) is 17.8 Å². The van der Waals surface area contributed by atoms with Gasteiger partial charge in [0, 0.05) is 18.0 Å². The summed E-state index contributed by atoms with van der Waals surface area (Å²) in [5.41, 5.74) is -0.269. The number of carbonyl (C=O) groups is 1. The van der Waals surface area contributed by atoms with Crippen LogP contribution in [-0.4, -0.2) is 22.8 Å². The fraction of sp³-hybridized carbons (Fsp3) is 0.143. The first kappa shape index (κ1) is 17.2. The fourth-order valence-corrected chi connectivity index (χ4v) is 2.41. The summed E-state index contributed by atoms with van der Waals surface area (Å²) in [5.74, 6) is -3.80. The molecule has 1 amide bonds. The van der Waals surface area contributed by atoms with Crippen LogP contribution in [0.25, 0.3) is 0 Å². The first-order chi connectivity index (χ1) is 10.7. The molecule has 0 atom stereocenters. The van der Waals surface area contributed by atoms with Gasteiger partial charge in [-0.3, -0.25) is 4.79 Å². The lowest BCUT2D eigenvalue weighted by atomic mass is 10.2. The van der Waals surface area contributed by atoms with Gasteiger partial charge in [-0.15, -0.1) is 0 Å². The highest BCUT2D eigenvalue weighted by Crippen LogP contribution is 2.28. The molecule has 0 bridgehead atoms. The van der Waals surface area contributed by atoms with E-state index in [-0.39, 0.29) is 16.3 Å². The van der Waals surface area contributed by atoms with Crippen molar-refractivity contribution >= 4 is 23.4 Å². The van der Waals surface area contributed by atoms with E-state index in [9.17, 15) is 26.7 Å². The number of thioether (sulfide) groups is 1. The van der Waals surface area contributed by atoms with Crippen LogP contribution in [0.2, 0.25) is 0 Å². The van der Waals surface area contributed by atoms with E-state index in [0.717, 1.165) is 12.1 Å². The van der Waals surface area contributed by atoms with Crippen molar-refractivity contribution in [3.05, 3.63) is 53.7 Å². The Morgan fingerprint density at radius 2 is 1.83 bits per heavy atom. The molecule has 0 radical (unpaired) electrons. The number of alkyl halides is 3. The Bertz CT molecular complexity index is 700. The predicted molar refractivity (Wildman–Crippen MR) is 75.3 cm³/mol. The maximum absolute atomic E-state index is 13.1. The quantitative estimate of drug-likeness (QED) is 0.663. The number of rotatable bonds is 4. The second-order valence-electron chi connectivity index (χ2n) is 4.37. The van der Waals surface area contributed by atoms with Gasteiger partial charge in [-0.1, -0.05) is 11.8 Å². The van der Waals surface area contributed by atoms with Crippen molar-refractivity contribution in [2.75, 3.05) is 11.1 Å². The van der Waals surface area contributed by atoms with Gasteiger partial charge in [0.25, 0.3) is 5.91 Å². The van der Waals surface area contributed by atoms with Crippen LogP contribution in [0.3, 0.4) is 0 Å². The third-order valence-corrected chi connectivity index (χ3v) is 3.58. The molecule has 1 aromatic carbocycles. The minimum absolute atomic E-state index is 0.119. The van der Waals surface area contributed by atoms with Crippen molar-refractivity contribution < 1.29 is 26.7 Å². The van der Waals surface area contributed by atoms with Gasteiger partial charge >= 0.3 is 6.18 Å². The number of aromatic nitrogens is 1. The molecule has 23 heavy (non-hydrogen) atoms. The Kier molecular flexibility index (Phi) is 5.19. The molecule has 0 spiro atoms. The normalized spacial score (nSPS) is 11.3. The molecule has 9 heteroatoms. The standard InChI is InChI=1S/C14H9F5N2OS/c15-8-4-9(16)6-10(5-8)21-12(22)11-2-1-3-20-13(11)23-7-14(17,18)19/h1-6H,7H2,(H,21,22). The Labute approximate surface area is 131 Å². The summed E-state index contributed by atoms with van der Waals surface area (Å²) in [4.78, 5) is 15.8. The van der Waals surface area contributed by atoms with Gasteiger partial charge < -0.3 is 5.32 Å². The largest absolute Gasteiger partial charge is 0.398 e. The number of carbonyl (C=O) groups excluding carboxylic acids is 1. The molecule has 3 nitrogen and oxygen atoms in total. The zero-order chi connectivity index (χ0) is 17.0. The fourth-order valence-electron chi connectivity index (χ4n) is 1.65. The zero-order valence-electron chi connectivity index (χ0n) is 11.3. The van der Waals surface area contributed by atoms with Gasteiger partial charge in [-0.05, 0) is 24.3 Å². The molecule has 1 N–H and O–H groups in total. The number of anilines is 1. The number of hydrogen-bond acceptors (Lipinski definition) is 3. The molecule has 0 aliphatic rings. The molecule has 1 heterocycles. The molecular formula is C14H9F5N2OS. The number of nitrogens with one attached hydrogen (secondary N) is 1. The molecule has 2 aromatic rings. The third-order valence-electron chi connectivity index (χ3n) is 2.51. The van der Waals surface area contributed by atoms with Gasteiger partial charge in [0.2, 0.25) is 0 Å². The molecule has 0 unspecified atom stereocenters. The van der Waals surface area contributed by atoms with Crippen molar-refractivity contribution in [2.24, 2.45) is 0 Å². The third kappa shape index (κ3) is 5.20. The number of benzene rings is 1. The molecule has 122 valence electrons. The van der Waals surface area contributed by atoms with E-state index in [4.69, 9.17) is 0 Å². The number of nitrogens with zero attached hydrogens (tertiary/aromatic N) is 1. The maximum Gasteiger partial charge on any atom is 0.398 e. The average molecular weight is 348 g/mol. The molecule has 0 fully saturated rings. The summed E-state index contributed by atoms with van der Waals surface area (Å²) in [6.45, 7) is 0. The van der Waals surface area contributed by atoms with Gasteiger partial charge in [0.1, 0.15) is 16.7 Å². The molecule has 2 rings (SSSR count). The molecular weight excluding hydrogens is 339 g/mol. The number of hydrogen-bond donors (Lipinski definition) is 1. The van der Waals surface area contributed by atoms with Gasteiger partial charge in [-0.25, -0.2) is 13.8 Å². The summed E-state index contributed by atoms with van der Waals surface area (Å²) >= 11 is 0.354. The first-order valence-electron chi connectivity index (χ1n) is 6.16. The summed E-state index contributed by atoms with van der Waals surface area (Å²) in [6, 6.07) is 5.06. The van der Waals surface area contributed by atoms with Crippen molar-refractivity contribution in [1.82, 2.24) is 4.98 Å². The van der Waals surface area contributed by atoms with E-state index in [1.54, 1.807) is 0 Å². The van der Waals surface area contributed by atoms with Gasteiger partial charge in [-0.2, -0.15) is 13.2 Å². The highest BCUT2D eigenvalue weighted by molar-refractivity contribution is 7.99. The monoisotopic (exact) mass is 348 g/mol. The van der Waals surface area contributed by atoms with Crippen molar-refractivity contribution in [3.63, 3.8) is 0 Å². The van der Waals surface area contributed by atoms with Crippen LogP contribution in [0.5, 0.6) is 0 Å². The Hall–Kier alpha value is -2.16. The lowest BCUT2D eigenvalue weighted by molar-refractivity contribution is -0.105. The second kappa shape index (κ2) is 6.95. The van der Waals surface area contributed by atoms with Crippen LogP contribution in [0.1, 0.15) is 10.4 Å². The molecule has 1 aromatic heterocycles. The smallest absolute Gasteiger partial charge is 0.322 e. The Morgan fingerprint density at radius 1 is 1.17 bits per heavy atom. The van der Waals surface area contributed by atoms with E-state index < -0.39 is 29.5 Å². The van der Waals surface area contributed by atoms with E-state index in [1.165, 1.54) is 18.3 Å². The molecule has 0 saturated carbocycles. The Balaban J connectivity index is 2.19. The van der Waals surface area contributed by atoms with Crippen LogP contribution in [0.4, 0.5) is 27.6 Å². The van der Waals surface area contributed by atoms with Gasteiger partial charge in [0.15, 0.2) is 0 Å². The lowest BCUT2D eigenvalue weighted by Crippen LogP contribution is -2.15. The number of pyridine rings is 1. The minimum Gasteiger partial charge on any atom is -0.322 e. The van der Waals surface area contributed by atoms with E-state index >= 15 is 0 Å².